The van der Waals surface area contributed by atoms with Gasteiger partial charge in [-0.1, -0.05) is 0 Å². The lowest BCUT2D eigenvalue weighted by molar-refractivity contribution is 0.570. The normalized spacial score (nSPS) is 21.1. The lowest BCUT2D eigenvalue weighted by Gasteiger charge is -2.09. The molecule has 1 N–H and O–H groups in total. The maximum atomic E-state index is 11.9. The summed E-state index contributed by atoms with van der Waals surface area (Å²) in [5.74, 6) is 0.709. The van der Waals surface area contributed by atoms with Gasteiger partial charge in [-0.2, -0.15) is 0 Å². The highest BCUT2D eigenvalue weighted by Crippen LogP contribution is 2.14. The third kappa shape index (κ3) is 3.28. The molecular formula is C11H16N2O2S. The molecular weight excluding hydrogens is 224 g/mol. The number of sulfone groups is 1. The molecule has 1 aliphatic rings. The predicted octanol–water partition coefficient (Wildman–Crippen LogP) is 0.606. The first-order valence-electron chi connectivity index (χ1n) is 5.46. The Labute approximate surface area is 96.0 Å². The van der Waals surface area contributed by atoms with E-state index in [1.54, 1.807) is 24.5 Å². The van der Waals surface area contributed by atoms with E-state index in [-0.39, 0.29) is 11.7 Å². The van der Waals surface area contributed by atoms with E-state index in [2.05, 4.69) is 10.3 Å². The topological polar surface area (TPSA) is 59.1 Å². The van der Waals surface area contributed by atoms with E-state index in [0.717, 1.165) is 25.1 Å². The number of hydrogen-bond donors (Lipinski definition) is 1. The van der Waals surface area contributed by atoms with E-state index in [4.69, 9.17) is 0 Å². The summed E-state index contributed by atoms with van der Waals surface area (Å²) in [5, 5.41) is 3.18. The summed E-state index contributed by atoms with van der Waals surface area (Å²) >= 11 is 0. The fraction of sp³-hybridized carbons (Fsp3) is 0.545. The Bertz CT molecular complexity index is 425. The molecule has 16 heavy (non-hydrogen) atoms. The Morgan fingerprint density at radius 2 is 2.12 bits per heavy atom. The number of nitrogens with one attached hydrogen (secondary N) is 1. The van der Waals surface area contributed by atoms with Crippen molar-refractivity contribution in [2.24, 2.45) is 5.92 Å². The SMILES string of the molecule is O=S(=O)(Cc1ccncc1)C[C@@H]1CCNC1. The van der Waals surface area contributed by atoms with Crippen molar-refractivity contribution in [3.05, 3.63) is 30.1 Å². The molecule has 2 heterocycles. The molecule has 1 aromatic rings. The van der Waals surface area contributed by atoms with Gasteiger partial charge < -0.3 is 5.32 Å². The minimum Gasteiger partial charge on any atom is -0.316 e. The number of hydrogen-bond acceptors (Lipinski definition) is 4. The van der Waals surface area contributed by atoms with Crippen LogP contribution >= 0.6 is 0 Å². The molecule has 0 amide bonds. The molecule has 0 saturated carbocycles. The van der Waals surface area contributed by atoms with Gasteiger partial charge in [0.25, 0.3) is 0 Å². The van der Waals surface area contributed by atoms with E-state index in [1.807, 2.05) is 0 Å². The highest BCUT2D eigenvalue weighted by molar-refractivity contribution is 7.90. The van der Waals surface area contributed by atoms with E-state index < -0.39 is 9.84 Å². The molecule has 88 valence electrons. The molecule has 1 saturated heterocycles. The van der Waals surface area contributed by atoms with Crippen molar-refractivity contribution >= 4 is 9.84 Å². The minimum atomic E-state index is -2.99. The van der Waals surface area contributed by atoms with Gasteiger partial charge in [-0.15, -0.1) is 0 Å². The Morgan fingerprint density at radius 3 is 2.75 bits per heavy atom. The van der Waals surface area contributed by atoms with Crippen LogP contribution < -0.4 is 5.32 Å². The zero-order valence-electron chi connectivity index (χ0n) is 9.09. The Morgan fingerprint density at radius 1 is 1.38 bits per heavy atom. The van der Waals surface area contributed by atoms with Crippen molar-refractivity contribution in [1.29, 1.82) is 0 Å². The van der Waals surface area contributed by atoms with Crippen LogP contribution in [0, 0.1) is 5.92 Å². The molecule has 0 spiro atoms. The molecule has 5 heteroatoms. The summed E-state index contributed by atoms with van der Waals surface area (Å²) in [6.07, 6.45) is 4.22. The predicted molar refractivity (Wildman–Crippen MR) is 62.7 cm³/mol. The van der Waals surface area contributed by atoms with Crippen LogP contribution in [0.25, 0.3) is 0 Å². The molecule has 0 radical (unpaired) electrons. The number of pyridine rings is 1. The van der Waals surface area contributed by atoms with Gasteiger partial charge >= 0.3 is 0 Å². The molecule has 0 aliphatic carbocycles. The van der Waals surface area contributed by atoms with Crippen molar-refractivity contribution in [3.8, 4) is 0 Å². The molecule has 1 fully saturated rings. The summed E-state index contributed by atoms with van der Waals surface area (Å²) < 4.78 is 23.8. The van der Waals surface area contributed by atoms with Crippen molar-refractivity contribution in [1.82, 2.24) is 10.3 Å². The summed E-state index contributed by atoms with van der Waals surface area (Å²) in [4.78, 5) is 3.87. The third-order valence-corrected chi connectivity index (χ3v) is 4.54. The summed E-state index contributed by atoms with van der Waals surface area (Å²) in [5.41, 5.74) is 0.820. The summed E-state index contributed by atoms with van der Waals surface area (Å²) in [6.45, 7) is 1.77. The second kappa shape index (κ2) is 4.93. The first kappa shape index (κ1) is 11.5. The standard InChI is InChI=1S/C11H16N2O2S/c14-16(15,9-11-3-6-13-7-11)8-10-1-4-12-5-2-10/h1-2,4-5,11,13H,3,6-9H2/t11-/m1/s1. The van der Waals surface area contributed by atoms with Crippen molar-refractivity contribution in [3.63, 3.8) is 0 Å². The zero-order chi connectivity index (χ0) is 11.4. The lowest BCUT2D eigenvalue weighted by Crippen LogP contribution is -2.20. The van der Waals surface area contributed by atoms with Gasteiger partial charge in [-0.25, -0.2) is 8.42 Å². The first-order valence-corrected chi connectivity index (χ1v) is 7.28. The number of rotatable bonds is 4. The van der Waals surface area contributed by atoms with Crippen molar-refractivity contribution in [2.75, 3.05) is 18.8 Å². The van der Waals surface area contributed by atoms with E-state index in [0.29, 0.717) is 5.75 Å². The van der Waals surface area contributed by atoms with Crippen molar-refractivity contribution in [2.45, 2.75) is 12.2 Å². The average Bonchev–Trinajstić information content (AvgIpc) is 2.70. The van der Waals surface area contributed by atoms with Crippen LogP contribution in [0.3, 0.4) is 0 Å². The molecule has 1 atom stereocenters. The summed E-state index contributed by atoms with van der Waals surface area (Å²) in [7, 11) is -2.99. The van der Waals surface area contributed by atoms with Crippen molar-refractivity contribution < 1.29 is 8.42 Å². The second-order valence-electron chi connectivity index (χ2n) is 4.27. The molecule has 0 bridgehead atoms. The smallest absolute Gasteiger partial charge is 0.154 e. The Kier molecular flexibility index (Phi) is 3.56. The van der Waals surface area contributed by atoms with Crippen LogP contribution in [-0.4, -0.2) is 32.2 Å². The van der Waals surface area contributed by atoms with Gasteiger partial charge in [0.05, 0.1) is 11.5 Å². The van der Waals surface area contributed by atoms with Gasteiger partial charge in [-0.3, -0.25) is 4.98 Å². The molecule has 0 aromatic carbocycles. The molecule has 4 nitrogen and oxygen atoms in total. The molecule has 1 aromatic heterocycles. The number of aromatic nitrogens is 1. The van der Waals surface area contributed by atoms with Crippen LogP contribution in [0.15, 0.2) is 24.5 Å². The largest absolute Gasteiger partial charge is 0.316 e. The average molecular weight is 240 g/mol. The van der Waals surface area contributed by atoms with Gasteiger partial charge in [0.2, 0.25) is 0 Å². The quantitative estimate of drug-likeness (QED) is 0.837. The monoisotopic (exact) mass is 240 g/mol. The summed E-state index contributed by atoms with van der Waals surface area (Å²) in [6, 6.07) is 3.51. The lowest BCUT2D eigenvalue weighted by atomic mass is 10.2. The number of nitrogens with zero attached hydrogens (tertiary/aromatic N) is 1. The van der Waals surface area contributed by atoms with Gasteiger partial charge in [-0.05, 0) is 43.1 Å². The fourth-order valence-corrected chi connectivity index (χ4v) is 3.83. The highest BCUT2D eigenvalue weighted by atomic mass is 32.2. The van der Waals surface area contributed by atoms with Gasteiger partial charge in [0, 0.05) is 12.4 Å². The molecule has 2 rings (SSSR count). The van der Waals surface area contributed by atoms with Gasteiger partial charge in [0.1, 0.15) is 0 Å². The second-order valence-corrected chi connectivity index (χ2v) is 6.38. The minimum absolute atomic E-state index is 0.131. The first-order chi connectivity index (χ1) is 7.66. The molecule has 1 aliphatic heterocycles. The van der Waals surface area contributed by atoms with Gasteiger partial charge in [0.15, 0.2) is 9.84 Å². The van der Waals surface area contributed by atoms with E-state index in [9.17, 15) is 8.42 Å². The van der Waals surface area contributed by atoms with E-state index >= 15 is 0 Å². The van der Waals surface area contributed by atoms with E-state index in [1.165, 1.54) is 0 Å². The third-order valence-electron chi connectivity index (χ3n) is 2.79. The Hall–Kier alpha value is -0.940. The molecule has 0 unspecified atom stereocenters. The maximum Gasteiger partial charge on any atom is 0.154 e. The van der Waals surface area contributed by atoms with Crippen LogP contribution in [0.2, 0.25) is 0 Å². The van der Waals surface area contributed by atoms with Crippen LogP contribution in [0.1, 0.15) is 12.0 Å². The Balaban J connectivity index is 1.97. The van der Waals surface area contributed by atoms with Crippen LogP contribution in [0.5, 0.6) is 0 Å². The van der Waals surface area contributed by atoms with Crippen LogP contribution in [-0.2, 0) is 15.6 Å². The fourth-order valence-electron chi connectivity index (χ4n) is 2.01. The maximum absolute atomic E-state index is 11.9. The van der Waals surface area contributed by atoms with Crippen LogP contribution in [0.4, 0.5) is 0 Å². The highest BCUT2D eigenvalue weighted by Gasteiger charge is 2.22. The zero-order valence-corrected chi connectivity index (χ0v) is 9.91.